The molecule has 0 aromatic rings. The minimum absolute atomic E-state index is 0.109. The van der Waals surface area contributed by atoms with Gasteiger partial charge in [-0.05, 0) is 19.9 Å². The summed E-state index contributed by atoms with van der Waals surface area (Å²) in [5, 5.41) is 10.6. The molecule has 0 aliphatic carbocycles. The number of aliphatic hydroxyl groups is 1. The maximum Gasteiger partial charge on any atom is 0.266 e. The van der Waals surface area contributed by atoms with Crippen LogP contribution in [-0.2, 0) is 0 Å². The minimum atomic E-state index is -3.41. The molecule has 0 heterocycles. The van der Waals surface area contributed by atoms with Crippen molar-refractivity contribution in [1.82, 2.24) is 5.32 Å². The Bertz CT molecular complexity index is 158. The summed E-state index contributed by atoms with van der Waals surface area (Å²) in [5.41, 5.74) is 0. The first-order valence-electron chi connectivity index (χ1n) is 4.34. The third kappa shape index (κ3) is 8.25. The zero-order chi connectivity index (χ0) is 11.2. The van der Waals surface area contributed by atoms with Gasteiger partial charge in [-0.3, -0.25) is 0 Å². The molecule has 0 spiro atoms. The Hall–Kier alpha value is -0.360. The maximum absolute atomic E-state index is 12.7. The first-order valence-corrected chi connectivity index (χ1v) is 4.34. The molecule has 86 valence electrons. The van der Waals surface area contributed by atoms with Gasteiger partial charge in [0.25, 0.3) is 11.8 Å². The van der Waals surface area contributed by atoms with Crippen molar-refractivity contribution in [1.29, 1.82) is 0 Å². The monoisotopic (exact) mass is 217 g/mol. The summed E-state index contributed by atoms with van der Waals surface area (Å²) in [6.07, 6.45) is -1.12. The number of hydrogen-bond acceptors (Lipinski definition) is 2. The molecule has 2 nitrogen and oxygen atoms in total. The Morgan fingerprint density at radius 3 is 2.21 bits per heavy atom. The number of halogens is 4. The molecule has 0 aromatic carbocycles. The number of hydrogen-bond donors (Lipinski definition) is 2. The fraction of sp³-hybridized carbons (Fsp3) is 1.00. The van der Waals surface area contributed by atoms with E-state index in [4.69, 9.17) is 5.11 Å². The molecule has 0 rings (SSSR count). The highest BCUT2D eigenvalue weighted by atomic mass is 19.3. The van der Waals surface area contributed by atoms with Crippen molar-refractivity contribution in [2.75, 3.05) is 19.7 Å². The molecular formula is C8H15F4NO. The van der Waals surface area contributed by atoms with Gasteiger partial charge in [-0.1, -0.05) is 0 Å². The summed E-state index contributed by atoms with van der Waals surface area (Å²) in [5.74, 6) is -6.77. The molecule has 0 aromatic heterocycles. The van der Waals surface area contributed by atoms with E-state index < -0.39 is 24.8 Å². The molecular weight excluding hydrogens is 202 g/mol. The number of aliphatic hydroxyl groups excluding tert-OH is 1. The van der Waals surface area contributed by atoms with Crippen molar-refractivity contribution in [2.24, 2.45) is 0 Å². The molecule has 0 saturated carbocycles. The van der Waals surface area contributed by atoms with Crippen LogP contribution in [0.1, 0.15) is 19.8 Å². The lowest BCUT2D eigenvalue weighted by Gasteiger charge is -2.20. The molecule has 2 N–H and O–H groups in total. The van der Waals surface area contributed by atoms with Crippen LogP contribution < -0.4 is 5.32 Å². The van der Waals surface area contributed by atoms with E-state index in [1.807, 2.05) is 0 Å². The van der Waals surface area contributed by atoms with Crippen LogP contribution in [-0.4, -0.2) is 36.6 Å². The van der Waals surface area contributed by atoms with Gasteiger partial charge in [-0.25, -0.2) is 17.6 Å². The van der Waals surface area contributed by atoms with Crippen LogP contribution in [0.5, 0.6) is 0 Å². The predicted molar refractivity (Wildman–Crippen MR) is 44.8 cm³/mol. The standard InChI is InChI=1S/C8H15F4NO/c1-7(9,10)5-8(11,12)6-13-3-2-4-14/h13-14H,2-6H2,1H3. The molecule has 0 atom stereocenters. The lowest BCUT2D eigenvalue weighted by Crippen LogP contribution is -2.37. The molecule has 0 aliphatic rings. The fourth-order valence-electron chi connectivity index (χ4n) is 0.992. The van der Waals surface area contributed by atoms with E-state index in [2.05, 4.69) is 5.32 Å². The summed E-state index contributed by atoms with van der Waals surface area (Å²) in [6, 6.07) is 0. The molecule has 0 fully saturated rings. The normalized spacial score (nSPS) is 13.3. The Balaban J connectivity index is 3.72. The summed E-state index contributed by atoms with van der Waals surface area (Å²) in [7, 11) is 0. The quantitative estimate of drug-likeness (QED) is 0.502. The van der Waals surface area contributed by atoms with Crippen LogP contribution in [0, 0.1) is 0 Å². The second kappa shape index (κ2) is 5.50. The Morgan fingerprint density at radius 1 is 1.21 bits per heavy atom. The lowest BCUT2D eigenvalue weighted by molar-refractivity contribution is -0.0984. The Kier molecular flexibility index (Phi) is 5.36. The summed E-state index contributed by atoms with van der Waals surface area (Å²) >= 11 is 0. The Morgan fingerprint density at radius 2 is 1.79 bits per heavy atom. The minimum Gasteiger partial charge on any atom is -0.396 e. The molecule has 0 radical (unpaired) electrons. The van der Waals surface area contributed by atoms with E-state index in [9.17, 15) is 17.6 Å². The maximum atomic E-state index is 12.7. The largest absolute Gasteiger partial charge is 0.396 e. The lowest BCUT2D eigenvalue weighted by atomic mass is 10.1. The first-order chi connectivity index (χ1) is 6.27. The summed E-state index contributed by atoms with van der Waals surface area (Å²) < 4.78 is 50.0. The number of alkyl halides is 4. The van der Waals surface area contributed by atoms with E-state index in [0.717, 1.165) is 0 Å². The zero-order valence-electron chi connectivity index (χ0n) is 7.99. The van der Waals surface area contributed by atoms with E-state index in [0.29, 0.717) is 13.3 Å². The molecule has 0 saturated heterocycles. The average Bonchev–Trinajstić information content (AvgIpc) is 1.93. The topological polar surface area (TPSA) is 32.3 Å². The fourth-order valence-corrected chi connectivity index (χ4v) is 0.992. The van der Waals surface area contributed by atoms with E-state index >= 15 is 0 Å². The molecule has 6 heteroatoms. The smallest absolute Gasteiger partial charge is 0.266 e. The van der Waals surface area contributed by atoms with Crippen molar-refractivity contribution in [3.05, 3.63) is 0 Å². The Labute approximate surface area is 80.3 Å². The van der Waals surface area contributed by atoms with E-state index in [-0.39, 0.29) is 13.2 Å². The summed E-state index contributed by atoms with van der Waals surface area (Å²) in [6.45, 7) is -0.227. The van der Waals surface area contributed by atoms with Crippen LogP contribution in [0.3, 0.4) is 0 Å². The number of nitrogens with one attached hydrogen (secondary N) is 1. The molecule has 14 heavy (non-hydrogen) atoms. The van der Waals surface area contributed by atoms with Gasteiger partial charge in [0.05, 0.1) is 13.0 Å². The van der Waals surface area contributed by atoms with Gasteiger partial charge in [0.2, 0.25) is 0 Å². The third-order valence-electron chi connectivity index (χ3n) is 1.46. The van der Waals surface area contributed by atoms with Gasteiger partial charge in [0.15, 0.2) is 0 Å². The first kappa shape index (κ1) is 13.6. The summed E-state index contributed by atoms with van der Waals surface area (Å²) in [4.78, 5) is 0. The predicted octanol–water partition coefficient (Wildman–Crippen LogP) is 1.64. The van der Waals surface area contributed by atoms with Gasteiger partial charge < -0.3 is 10.4 Å². The molecule has 0 unspecified atom stereocenters. The van der Waals surface area contributed by atoms with Crippen molar-refractivity contribution in [2.45, 2.75) is 31.6 Å². The van der Waals surface area contributed by atoms with Gasteiger partial charge in [-0.15, -0.1) is 0 Å². The highest BCUT2D eigenvalue weighted by Gasteiger charge is 2.39. The second-order valence-electron chi connectivity index (χ2n) is 3.36. The molecule has 0 aliphatic heterocycles. The highest BCUT2D eigenvalue weighted by Crippen LogP contribution is 2.29. The van der Waals surface area contributed by atoms with Gasteiger partial charge >= 0.3 is 0 Å². The van der Waals surface area contributed by atoms with Crippen LogP contribution in [0.15, 0.2) is 0 Å². The second-order valence-corrected chi connectivity index (χ2v) is 3.36. The van der Waals surface area contributed by atoms with Gasteiger partial charge in [0, 0.05) is 6.61 Å². The third-order valence-corrected chi connectivity index (χ3v) is 1.46. The van der Waals surface area contributed by atoms with Gasteiger partial charge in [0.1, 0.15) is 0 Å². The van der Waals surface area contributed by atoms with Crippen molar-refractivity contribution < 1.29 is 22.7 Å². The van der Waals surface area contributed by atoms with Crippen molar-refractivity contribution in [3.8, 4) is 0 Å². The average molecular weight is 217 g/mol. The highest BCUT2D eigenvalue weighted by molar-refractivity contribution is 4.76. The number of rotatable bonds is 7. The van der Waals surface area contributed by atoms with E-state index in [1.165, 1.54) is 0 Å². The van der Waals surface area contributed by atoms with Gasteiger partial charge in [-0.2, -0.15) is 0 Å². The molecule has 0 bridgehead atoms. The van der Waals surface area contributed by atoms with Crippen LogP contribution in [0.4, 0.5) is 17.6 Å². The van der Waals surface area contributed by atoms with Crippen LogP contribution in [0.2, 0.25) is 0 Å². The zero-order valence-corrected chi connectivity index (χ0v) is 7.99. The van der Waals surface area contributed by atoms with Crippen LogP contribution in [0.25, 0.3) is 0 Å². The van der Waals surface area contributed by atoms with Crippen LogP contribution >= 0.6 is 0 Å². The van der Waals surface area contributed by atoms with Crippen molar-refractivity contribution >= 4 is 0 Å². The van der Waals surface area contributed by atoms with E-state index in [1.54, 1.807) is 0 Å². The molecule has 0 amide bonds. The van der Waals surface area contributed by atoms with Crippen molar-refractivity contribution in [3.63, 3.8) is 0 Å². The SMILES string of the molecule is CC(F)(F)CC(F)(F)CNCCCO.